The van der Waals surface area contributed by atoms with Crippen LogP contribution < -0.4 is 8.92 Å². The minimum Gasteiger partial charge on any atom is -0.490 e. The molecule has 0 N–H and O–H groups in total. The molecule has 0 heterocycles. The largest absolute Gasteiger partial charge is 0.490 e. The summed E-state index contributed by atoms with van der Waals surface area (Å²) >= 11 is 5.54. The number of alkyl halides is 3. The van der Waals surface area contributed by atoms with Crippen LogP contribution in [0.3, 0.4) is 0 Å². The number of benzene rings is 2. The van der Waals surface area contributed by atoms with E-state index < -0.39 is 26.8 Å². The van der Waals surface area contributed by atoms with Crippen molar-refractivity contribution >= 4 is 21.7 Å². The zero-order chi connectivity index (χ0) is 18.0. The summed E-state index contributed by atoms with van der Waals surface area (Å²) in [7, 11) is -4.74. The summed E-state index contributed by atoms with van der Waals surface area (Å²) in [6.45, 7) is 1.90. The van der Waals surface area contributed by atoms with Crippen LogP contribution in [0, 0.1) is 0 Å². The molecular weight excluding hydrogens is 369 g/mol. The Bertz CT molecular complexity index is 835. The smallest absolute Gasteiger partial charge is 0.417 e. The van der Waals surface area contributed by atoms with Gasteiger partial charge < -0.3 is 8.92 Å². The molecule has 0 saturated heterocycles. The quantitative estimate of drug-likeness (QED) is 0.715. The second-order valence-corrected chi connectivity index (χ2v) is 6.51. The number of hydrogen-bond donors (Lipinski definition) is 0. The van der Waals surface area contributed by atoms with Gasteiger partial charge in [0.15, 0.2) is 11.5 Å². The summed E-state index contributed by atoms with van der Waals surface area (Å²) < 4.78 is 74.0. The van der Waals surface area contributed by atoms with Crippen LogP contribution in [0.5, 0.6) is 11.5 Å². The Labute approximate surface area is 141 Å². The van der Waals surface area contributed by atoms with E-state index in [0.717, 1.165) is 12.1 Å². The lowest BCUT2D eigenvalue weighted by Gasteiger charge is -2.15. The zero-order valence-corrected chi connectivity index (χ0v) is 13.9. The number of para-hydroxylation sites is 2. The first kappa shape index (κ1) is 18.4. The maximum atomic E-state index is 13.1. The van der Waals surface area contributed by atoms with Crippen LogP contribution in [0.1, 0.15) is 12.5 Å². The third-order valence-electron chi connectivity index (χ3n) is 2.86. The van der Waals surface area contributed by atoms with E-state index in [1.165, 1.54) is 18.2 Å². The second kappa shape index (κ2) is 6.90. The van der Waals surface area contributed by atoms with Crippen LogP contribution in [0.15, 0.2) is 47.4 Å². The minimum absolute atomic E-state index is 0.103. The lowest BCUT2D eigenvalue weighted by atomic mass is 10.2. The van der Waals surface area contributed by atoms with Gasteiger partial charge in [0.05, 0.1) is 12.2 Å². The highest BCUT2D eigenvalue weighted by Gasteiger charge is 2.38. The molecule has 0 amide bonds. The van der Waals surface area contributed by atoms with E-state index in [1.807, 2.05) is 0 Å². The molecule has 0 saturated carbocycles. The Kier molecular flexibility index (Phi) is 5.29. The summed E-state index contributed by atoms with van der Waals surface area (Å²) in [5.41, 5.74) is -1.40. The monoisotopic (exact) mass is 380 g/mol. The van der Waals surface area contributed by atoms with Gasteiger partial charge >= 0.3 is 16.3 Å². The van der Waals surface area contributed by atoms with Crippen LogP contribution in [-0.2, 0) is 16.3 Å². The van der Waals surface area contributed by atoms with Gasteiger partial charge in [-0.05, 0) is 37.3 Å². The molecule has 4 nitrogen and oxygen atoms in total. The van der Waals surface area contributed by atoms with Gasteiger partial charge in [-0.1, -0.05) is 23.7 Å². The van der Waals surface area contributed by atoms with Gasteiger partial charge in [-0.3, -0.25) is 0 Å². The lowest BCUT2D eigenvalue weighted by Crippen LogP contribution is -2.17. The Morgan fingerprint density at radius 2 is 1.71 bits per heavy atom. The molecule has 130 valence electrons. The number of hydrogen-bond acceptors (Lipinski definition) is 4. The van der Waals surface area contributed by atoms with Crippen molar-refractivity contribution in [3.63, 3.8) is 0 Å². The zero-order valence-electron chi connectivity index (χ0n) is 12.3. The van der Waals surface area contributed by atoms with Crippen LogP contribution >= 0.6 is 11.6 Å². The highest BCUT2D eigenvalue weighted by atomic mass is 35.5. The Hall–Kier alpha value is -1.93. The van der Waals surface area contributed by atoms with Gasteiger partial charge in [0.1, 0.15) is 4.90 Å². The SMILES string of the molecule is CCOc1ccccc1OS(=O)(=O)c1ccc(Cl)cc1C(F)(F)F. The molecule has 2 rings (SSSR count). The van der Waals surface area contributed by atoms with Gasteiger partial charge in [0, 0.05) is 5.02 Å². The third-order valence-corrected chi connectivity index (χ3v) is 4.39. The third kappa shape index (κ3) is 4.12. The predicted molar refractivity (Wildman–Crippen MR) is 81.9 cm³/mol. The fourth-order valence-corrected chi connectivity index (χ4v) is 3.21. The van der Waals surface area contributed by atoms with E-state index in [4.69, 9.17) is 20.5 Å². The van der Waals surface area contributed by atoms with Crippen molar-refractivity contribution in [1.29, 1.82) is 0 Å². The highest BCUT2D eigenvalue weighted by Crippen LogP contribution is 2.37. The molecule has 0 aliphatic heterocycles. The van der Waals surface area contributed by atoms with Gasteiger partial charge in [-0.25, -0.2) is 0 Å². The summed E-state index contributed by atoms with van der Waals surface area (Å²) in [6.07, 6.45) is -4.91. The molecule has 0 unspecified atom stereocenters. The van der Waals surface area contributed by atoms with E-state index in [-0.39, 0.29) is 23.1 Å². The average Bonchev–Trinajstić information content (AvgIpc) is 2.48. The van der Waals surface area contributed by atoms with Crippen molar-refractivity contribution in [1.82, 2.24) is 0 Å². The van der Waals surface area contributed by atoms with Crippen molar-refractivity contribution < 1.29 is 30.5 Å². The molecule has 9 heteroatoms. The molecule has 0 atom stereocenters. The van der Waals surface area contributed by atoms with E-state index >= 15 is 0 Å². The molecule has 0 aliphatic carbocycles. The van der Waals surface area contributed by atoms with Crippen molar-refractivity contribution in [2.45, 2.75) is 18.0 Å². The first-order valence-corrected chi connectivity index (χ1v) is 8.47. The molecule has 0 aliphatic rings. The number of ether oxygens (including phenoxy) is 1. The van der Waals surface area contributed by atoms with Crippen LogP contribution in [0.4, 0.5) is 13.2 Å². The van der Waals surface area contributed by atoms with E-state index in [2.05, 4.69) is 0 Å². The standard InChI is InChI=1S/C15H12ClF3O4S/c1-2-22-12-5-3-4-6-13(12)23-24(20,21)14-8-7-10(16)9-11(14)15(17,18)19/h3-9H,2H2,1H3. The van der Waals surface area contributed by atoms with Gasteiger partial charge in [0.25, 0.3) is 0 Å². The lowest BCUT2D eigenvalue weighted by molar-refractivity contribution is -0.139. The second-order valence-electron chi connectivity index (χ2n) is 4.56. The molecule has 0 spiro atoms. The fourth-order valence-electron chi connectivity index (χ4n) is 1.90. The van der Waals surface area contributed by atoms with Crippen LogP contribution in [0.2, 0.25) is 5.02 Å². The highest BCUT2D eigenvalue weighted by molar-refractivity contribution is 7.87. The Morgan fingerprint density at radius 3 is 2.29 bits per heavy atom. The van der Waals surface area contributed by atoms with Crippen LogP contribution in [0.25, 0.3) is 0 Å². The average molecular weight is 381 g/mol. The normalized spacial score (nSPS) is 12.0. The maximum absolute atomic E-state index is 13.1. The molecular formula is C15H12ClF3O4S. The molecule has 0 radical (unpaired) electrons. The molecule has 2 aromatic rings. The van der Waals surface area contributed by atoms with Crippen molar-refractivity contribution in [3.05, 3.63) is 53.1 Å². The summed E-state index contributed by atoms with van der Waals surface area (Å²) in [5, 5.41) is -0.240. The fraction of sp³-hybridized carbons (Fsp3) is 0.200. The van der Waals surface area contributed by atoms with E-state index in [0.29, 0.717) is 6.07 Å². The van der Waals surface area contributed by atoms with Crippen molar-refractivity contribution in [3.8, 4) is 11.5 Å². The van der Waals surface area contributed by atoms with Gasteiger partial charge in [-0.15, -0.1) is 0 Å². The minimum atomic E-state index is -4.91. The first-order chi connectivity index (χ1) is 11.1. The molecule has 0 bridgehead atoms. The number of halogens is 4. The molecule has 2 aromatic carbocycles. The van der Waals surface area contributed by atoms with E-state index in [1.54, 1.807) is 13.0 Å². The maximum Gasteiger partial charge on any atom is 0.417 e. The summed E-state index contributed by atoms with van der Waals surface area (Å²) in [6, 6.07) is 8.11. The van der Waals surface area contributed by atoms with Gasteiger partial charge in [0.2, 0.25) is 0 Å². The predicted octanol–water partition coefficient (Wildman–Crippen LogP) is 4.53. The van der Waals surface area contributed by atoms with Crippen molar-refractivity contribution in [2.24, 2.45) is 0 Å². The summed E-state index contributed by atoms with van der Waals surface area (Å²) in [4.78, 5) is -1.02. The molecule has 0 fully saturated rings. The summed E-state index contributed by atoms with van der Waals surface area (Å²) in [5.74, 6) is -0.103. The molecule has 0 aromatic heterocycles. The Balaban J connectivity index is 2.50. The Morgan fingerprint density at radius 1 is 1.08 bits per heavy atom. The van der Waals surface area contributed by atoms with E-state index in [9.17, 15) is 21.6 Å². The first-order valence-electron chi connectivity index (χ1n) is 6.68. The number of rotatable bonds is 5. The van der Waals surface area contributed by atoms with Crippen LogP contribution in [-0.4, -0.2) is 15.0 Å². The molecule has 24 heavy (non-hydrogen) atoms. The topological polar surface area (TPSA) is 52.6 Å². The van der Waals surface area contributed by atoms with Crippen molar-refractivity contribution in [2.75, 3.05) is 6.61 Å². The van der Waals surface area contributed by atoms with Gasteiger partial charge in [-0.2, -0.15) is 21.6 Å².